The summed E-state index contributed by atoms with van der Waals surface area (Å²) in [5, 5.41) is 30.9. The minimum atomic E-state index is -0.833. The second kappa shape index (κ2) is 36.2. The monoisotopic (exact) mass is 256 g/mol. The van der Waals surface area contributed by atoms with Crippen LogP contribution in [0.2, 0.25) is 0 Å². The molecule has 0 bridgehead atoms. The van der Waals surface area contributed by atoms with Crippen molar-refractivity contribution in [2.75, 3.05) is 34.0 Å². The van der Waals surface area contributed by atoms with Crippen LogP contribution < -0.4 is 0 Å². The van der Waals surface area contributed by atoms with Crippen molar-refractivity contribution in [1.29, 1.82) is 0 Å². The molecule has 0 aromatic carbocycles. The number of aliphatic hydroxyl groups is 3. The number of aliphatic carboxylic acids is 1. The summed E-state index contributed by atoms with van der Waals surface area (Å²) in [6.07, 6.45) is 3.33. The van der Waals surface area contributed by atoms with Crippen molar-refractivity contribution in [3.63, 3.8) is 0 Å². The average molecular weight is 256 g/mol. The molecule has 108 valence electrons. The standard InChI is InChI=1S/C5H12O.C2H4O2.C2H6O2.C2H6O/c1-2-3-4-5-6;1-2(3)4;3-1-2-4;1-3-2/h6H,2-5H2,1H3;1H3,(H,3,4);3-4H,1-2H2;1-2H3. The minimum absolute atomic E-state index is 0.125. The van der Waals surface area contributed by atoms with Crippen molar-refractivity contribution in [2.24, 2.45) is 0 Å². The predicted molar refractivity (Wildman–Crippen MR) is 67.0 cm³/mol. The van der Waals surface area contributed by atoms with E-state index in [4.69, 9.17) is 25.2 Å². The molecule has 0 spiro atoms. The highest BCUT2D eigenvalue weighted by Gasteiger charge is 1.76. The van der Waals surface area contributed by atoms with Crippen molar-refractivity contribution in [1.82, 2.24) is 0 Å². The minimum Gasteiger partial charge on any atom is -0.481 e. The van der Waals surface area contributed by atoms with Gasteiger partial charge in [-0.25, -0.2) is 0 Å². The number of hydrogen-bond acceptors (Lipinski definition) is 5. The van der Waals surface area contributed by atoms with Crippen LogP contribution in [0.25, 0.3) is 0 Å². The summed E-state index contributed by atoms with van der Waals surface area (Å²) in [6, 6.07) is 0. The predicted octanol–water partition coefficient (Wildman–Crippen LogP) is 0.493. The van der Waals surface area contributed by atoms with E-state index in [0.29, 0.717) is 6.61 Å². The van der Waals surface area contributed by atoms with Gasteiger partial charge in [0.15, 0.2) is 0 Å². The van der Waals surface area contributed by atoms with E-state index in [0.717, 1.165) is 19.8 Å². The Labute approximate surface area is 104 Å². The molecule has 0 fully saturated rings. The lowest BCUT2D eigenvalue weighted by molar-refractivity contribution is -0.134. The molecule has 0 aromatic heterocycles. The number of carboxylic acid groups (broad SMARTS) is 1. The van der Waals surface area contributed by atoms with Crippen molar-refractivity contribution in [3.8, 4) is 0 Å². The van der Waals surface area contributed by atoms with Crippen LogP contribution in [0.5, 0.6) is 0 Å². The van der Waals surface area contributed by atoms with E-state index in [2.05, 4.69) is 11.7 Å². The quantitative estimate of drug-likeness (QED) is 0.545. The molecule has 0 radical (unpaired) electrons. The fourth-order valence-electron chi connectivity index (χ4n) is 0.362. The molecule has 0 rings (SSSR count). The molecule has 6 heteroatoms. The fourth-order valence-corrected chi connectivity index (χ4v) is 0.362. The maximum Gasteiger partial charge on any atom is 0.300 e. The zero-order chi connectivity index (χ0) is 14.5. The zero-order valence-electron chi connectivity index (χ0n) is 11.3. The van der Waals surface area contributed by atoms with Gasteiger partial charge >= 0.3 is 0 Å². The maximum absolute atomic E-state index is 9.00. The summed E-state index contributed by atoms with van der Waals surface area (Å²) in [4.78, 5) is 9.00. The number of ether oxygens (including phenoxy) is 1. The number of unbranched alkanes of at least 4 members (excludes halogenated alkanes) is 2. The van der Waals surface area contributed by atoms with E-state index in [1.165, 1.54) is 6.42 Å². The van der Waals surface area contributed by atoms with Gasteiger partial charge in [-0.15, -0.1) is 0 Å². The third-order valence-electron chi connectivity index (χ3n) is 0.862. The van der Waals surface area contributed by atoms with Crippen LogP contribution in [0, 0.1) is 0 Å². The van der Waals surface area contributed by atoms with Crippen molar-refractivity contribution >= 4 is 5.97 Å². The van der Waals surface area contributed by atoms with Crippen LogP contribution in [-0.4, -0.2) is 60.4 Å². The smallest absolute Gasteiger partial charge is 0.300 e. The number of aliphatic hydroxyl groups excluding tert-OH is 3. The van der Waals surface area contributed by atoms with E-state index >= 15 is 0 Å². The van der Waals surface area contributed by atoms with E-state index in [1.54, 1.807) is 14.2 Å². The van der Waals surface area contributed by atoms with Gasteiger partial charge in [-0.1, -0.05) is 19.8 Å². The Morgan fingerprint density at radius 1 is 1.00 bits per heavy atom. The van der Waals surface area contributed by atoms with Crippen molar-refractivity contribution < 1.29 is 30.0 Å². The second-order valence-electron chi connectivity index (χ2n) is 2.81. The Morgan fingerprint density at radius 2 is 1.29 bits per heavy atom. The molecule has 0 amide bonds. The topological polar surface area (TPSA) is 107 Å². The molecule has 4 N–H and O–H groups in total. The molecule has 0 saturated carbocycles. The largest absolute Gasteiger partial charge is 0.481 e. The Hall–Kier alpha value is -0.690. The van der Waals surface area contributed by atoms with Gasteiger partial charge in [0.25, 0.3) is 5.97 Å². The number of methoxy groups -OCH3 is 1. The molecule has 6 nitrogen and oxygen atoms in total. The molecule has 0 aliphatic carbocycles. The highest BCUT2D eigenvalue weighted by Crippen LogP contribution is 1.89. The number of hydrogen-bond donors (Lipinski definition) is 4. The molecule has 0 aromatic rings. The van der Waals surface area contributed by atoms with Gasteiger partial charge in [0.2, 0.25) is 0 Å². The number of carboxylic acids is 1. The average Bonchev–Trinajstić information content (AvgIpc) is 2.27. The molecule has 0 aliphatic heterocycles. The van der Waals surface area contributed by atoms with Crippen LogP contribution in [0.1, 0.15) is 33.1 Å². The first-order chi connectivity index (χ1) is 7.97. The summed E-state index contributed by atoms with van der Waals surface area (Å²) >= 11 is 0. The zero-order valence-corrected chi connectivity index (χ0v) is 11.3. The summed E-state index contributed by atoms with van der Waals surface area (Å²) in [7, 11) is 3.25. The van der Waals surface area contributed by atoms with Gasteiger partial charge in [-0.05, 0) is 6.42 Å². The first kappa shape index (κ1) is 25.2. The summed E-state index contributed by atoms with van der Waals surface area (Å²) in [5.41, 5.74) is 0. The van der Waals surface area contributed by atoms with Crippen LogP contribution >= 0.6 is 0 Å². The molecule has 0 aliphatic rings. The Kier molecular flexibility index (Phi) is 53.7. The summed E-state index contributed by atoms with van der Waals surface area (Å²) in [5.74, 6) is -0.833. The molecule has 0 atom stereocenters. The molecular formula is C11H28O6. The van der Waals surface area contributed by atoms with Gasteiger partial charge in [0, 0.05) is 27.8 Å². The molecule has 0 unspecified atom stereocenters. The third kappa shape index (κ3) is 248. The van der Waals surface area contributed by atoms with Gasteiger partial charge in [-0.3, -0.25) is 4.79 Å². The van der Waals surface area contributed by atoms with E-state index < -0.39 is 5.97 Å². The van der Waals surface area contributed by atoms with Crippen molar-refractivity contribution in [2.45, 2.75) is 33.1 Å². The lowest BCUT2D eigenvalue weighted by Crippen LogP contribution is -1.85. The van der Waals surface area contributed by atoms with Crippen LogP contribution in [0.15, 0.2) is 0 Å². The molecule has 17 heavy (non-hydrogen) atoms. The Bertz CT molecular complexity index is 98.1. The number of carbonyl (C=O) groups is 1. The van der Waals surface area contributed by atoms with E-state index in [-0.39, 0.29) is 13.2 Å². The second-order valence-corrected chi connectivity index (χ2v) is 2.81. The molecular weight excluding hydrogens is 228 g/mol. The molecule has 0 saturated heterocycles. The maximum atomic E-state index is 9.00. The first-order valence-electron chi connectivity index (χ1n) is 5.40. The molecule has 0 heterocycles. The van der Waals surface area contributed by atoms with Crippen LogP contribution in [-0.2, 0) is 9.53 Å². The SMILES string of the molecule is CC(=O)O.CCCCCO.COC.OCCO. The lowest BCUT2D eigenvalue weighted by atomic mass is 10.3. The fraction of sp³-hybridized carbons (Fsp3) is 0.909. The van der Waals surface area contributed by atoms with Gasteiger partial charge in [0.05, 0.1) is 13.2 Å². The normalized spacial score (nSPS) is 7.47. The first-order valence-corrected chi connectivity index (χ1v) is 5.40. The number of rotatable bonds is 4. The Balaban J connectivity index is -0.0000000688. The summed E-state index contributed by atoms with van der Waals surface area (Å²) < 4.78 is 4.25. The van der Waals surface area contributed by atoms with Gasteiger partial charge in [0.1, 0.15) is 0 Å². The van der Waals surface area contributed by atoms with Crippen LogP contribution in [0.3, 0.4) is 0 Å². The van der Waals surface area contributed by atoms with Crippen LogP contribution in [0.4, 0.5) is 0 Å². The third-order valence-corrected chi connectivity index (χ3v) is 0.862. The van der Waals surface area contributed by atoms with Gasteiger partial charge in [-0.2, -0.15) is 0 Å². The van der Waals surface area contributed by atoms with E-state index in [9.17, 15) is 0 Å². The highest BCUT2D eigenvalue weighted by atomic mass is 16.4. The Morgan fingerprint density at radius 3 is 1.35 bits per heavy atom. The van der Waals surface area contributed by atoms with Crippen molar-refractivity contribution in [3.05, 3.63) is 0 Å². The van der Waals surface area contributed by atoms with E-state index in [1.807, 2.05) is 0 Å². The summed E-state index contributed by atoms with van der Waals surface area (Å²) in [6.45, 7) is 3.31. The highest BCUT2D eigenvalue weighted by molar-refractivity contribution is 5.62. The lowest BCUT2D eigenvalue weighted by Gasteiger charge is -1.85. The van der Waals surface area contributed by atoms with Gasteiger partial charge < -0.3 is 25.2 Å².